The predicted molar refractivity (Wildman–Crippen MR) is 60.8 cm³/mol. The molecular weight excluding hydrogens is 244 g/mol. The molecular formula is C10H12N2O4S. The van der Waals surface area contributed by atoms with E-state index in [0.717, 1.165) is 10.7 Å². The Morgan fingerprint density at radius 3 is 2.41 bits per heavy atom. The Morgan fingerprint density at radius 1 is 1.29 bits per heavy atom. The van der Waals surface area contributed by atoms with Crippen LogP contribution < -0.4 is 0 Å². The molecule has 0 aromatic carbocycles. The number of hydrogen-bond acceptors (Lipinski definition) is 5. The highest BCUT2D eigenvalue weighted by Gasteiger charge is 2.47. The second kappa shape index (κ2) is 3.49. The third-order valence-electron chi connectivity index (χ3n) is 2.93. The van der Waals surface area contributed by atoms with Gasteiger partial charge in [-0.3, -0.25) is 9.59 Å². The topological polar surface area (TPSA) is 83.9 Å². The number of allylic oxidation sites excluding steroid dienone is 1. The smallest absolute Gasteiger partial charge is 0.247 e. The Bertz CT molecular complexity index is 573. The van der Waals surface area contributed by atoms with Gasteiger partial charge in [0.2, 0.25) is 21.6 Å². The van der Waals surface area contributed by atoms with Crippen molar-refractivity contribution in [3.8, 4) is 0 Å². The summed E-state index contributed by atoms with van der Waals surface area (Å²) in [5, 5.41) is 3.87. The van der Waals surface area contributed by atoms with Crippen LogP contribution in [-0.2, 0) is 19.6 Å². The number of Topliss-reactive ketones (excluding diaryl/α,β-unsaturated/α-hetero) is 2. The highest BCUT2D eigenvalue weighted by Crippen LogP contribution is 2.31. The molecule has 6 nitrogen and oxygen atoms in total. The lowest BCUT2D eigenvalue weighted by Gasteiger charge is -2.26. The SMILES string of the molecule is CC1=CC2C(C(=O)C1=O)C(C)=NN2S(C)(=O)=O. The standard InChI is InChI=1S/C10H12N2O4S/c1-5-4-7-8(10(14)9(5)13)6(2)11-12(7)17(3,15)16/h4,7-8H,1-3H3. The number of sulfonamides is 1. The molecule has 92 valence electrons. The molecule has 0 spiro atoms. The van der Waals surface area contributed by atoms with Gasteiger partial charge in [-0.1, -0.05) is 6.08 Å². The van der Waals surface area contributed by atoms with Gasteiger partial charge in [-0.05, 0) is 19.4 Å². The Kier molecular flexibility index (Phi) is 2.46. The van der Waals surface area contributed by atoms with Gasteiger partial charge >= 0.3 is 0 Å². The van der Waals surface area contributed by atoms with E-state index in [-0.39, 0.29) is 5.57 Å². The number of carbonyl (C=O) groups excluding carboxylic acids is 2. The van der Waals surface area contributed by atoms with Gasteiger partial charge in [0.05, 0.1) is 18.2 Å². The Morgan fingerprint density at radius 2 is 1.88 bits per heavy atom. The molecule has 2 atom stereocenters. The number of carbonyl (C=O) groups is 2. The average Bonchev–Trinajstić information content (AvgIpc) is 2.52. The molecule has 17 heavy (non-hydrogen) atoms. The largest absolute Gasteiger partial charge is 0.290 e. The predicted octanol–water partition coefficient (Wildman–Crippen LogP) is -0.280. The van der Waals surface area contributed by atoms with Crippen molar-refractivity contribution < 1.29 is 18.0 Å². The lowest BCUT2D eigenvalue weighted by molar-refractivity contribution is -0.136. The van der Waals surface area contributed by atoms with Gasteiger partial charge in [0.25, 0.3) is 0 Å². The first-order valence-electron chi connectivity index (χ1n) is 5.05. The summed E-state index contributed by atoms with van der Waals surface area (Å²) in [5.41, 5.74) is 0.636. The lowest BCUT2D eigenvalue weighted by Crippen LogP contribution is -2.44. The molecule has 0 aromatic heterocycles. The van der Waals surface area contributed by atoms with Crippen LogP contribution in [0.5, 0.6) is 0 Å². The number of ketones is 2. The highest BCUT2D eigenvalue weighted by molar-refractivity contribution is 7.88. The third kappa shape index (κ3) is 1.70. The second-order valence-electron chi connectivity index (χ2n) is 4.29. The van der Waals surface area contributed by atoms with Crippen LogP contribution in [0.15, 0.2) is 16.8 Å². The van der Waals surface area contributed by atoms with Crippen LogP contribution in [0.25, 0.3) is 0 Å². The van der Waals surface area contributed by atoms with E-state index in [1.165, 1.54) is 13.0 Å². The van der Waals surface area contributed by atoms with E-state index < -0.39 is 33.5 Å². The molecule has 1 heterocycles. The fourth-order valence-electron chi connectivity index (χ4n) is 2.13. The van der Waals surface area contributed by atoms with Crippen molar-refractivity contribution in [1.82, 2.24) is 4.41 Å². The maximum atomic E-state index is 11.8. The van der Waals surface area contributed by atoms with Gasteiger partial charge in [0.15, 0.2) is 0 Å². The van der Waals surface area contributed by atoms with Crippen LogP contribution in [0.4, 0.5) is 0 Å². The van der Waals surface area contributed by atoms with Crippen molar-refractivity contribution in [1.29, 1.82) is 0 Å². The van der Waals surface area contributed by atoms with Gasteiger partial charge in [-0.15, -0.1) is 0 Å². The van der Waals surface area contributed by atoms with Crippen LogP contribution >= 0.6 is 0 Å². The fraction of sp³-hybridized carbons (Fsp3) is 0.500. The molecule has 0 saturated carbocycles. The minimum atomic E-state index is -3.53. The zero-order chi connectivity index (χ0) is 13.0. The first-order valence-corrected chi connectivity index (χ1v) is 6.90. The van der Waals surface area contributed by atoms with Gasteiger partial charge in [0, 0.05) is 5.71 Å². The van der Waals surface area contributed by atoms with E-state index in [1.807, 2.05) is 0 Å². The minimum Gasteiger partial charge on any atom is -0.290 e. The molecule has 2 aliphatic rings. The van der Waals surface area contributed by atoms with Crippen molar-refractivity contribution in [3.05, 3.63) is 11.6 Å². The van der Waals surface area contributed by atoms with Crippen LogP contribution in [-0.4, -0.2) is 42.4 Å². The Labute approximate surface area is 99.0 Å². The van der Waals surface area contributed by atoms with E-state index in [4.69, 9.17) is 0 Å². The molecule has 2 rings (SSSR count). The number of fused-ring (bicyclic) bond motifs is 1. The van der Waals surface area contributed by atoms with Gasteiger partial charge in [-0.2, -0.15) is 9.52 Å². The fourth-order valence-corrected chi connectivity index (χ4v) is 3.03. The summed E-state index contributed by atoms with van der Waals surface area (Å²) in [5.74, 6) is -1.90. The molecule has 0 radical (unpaired) electrons. The van der Waals surface area contributed by atoms with Crippen molar-refractivity contribution in [2.45, 2.75) is 19.9 Å². The van der Waals surface area contributed by atoms with Gasteiger partial charge in [0.1, 0.15) is 0 Å². The van der Waals surface area contributed by atoms with E-state index in [0.29, 0.717) is 5.71 Å². The van der Waals surface area contributed by atoms with Crippen molar-refractivity contribution in [2.75, 3.05) is 6.26 Å². The Balaban J connectivity index is 2.55. The maximum Gasteiger partial charge on any atom is 0.247 e. The summed E-state index contributed by atoms with van der Waals surface area (Å²) in [6.07, 6.45) is 2.52. The molecule has 0 saturated heterocycles. The van der Waals surface area contributed by atoms with Crippen LogP contribution in [0.1, 0.15) is 13.8 Å². The normalized spacial score (nSPS) is 29.0. The van der Waals surface area contributed by atoms with E-state index in [2.05, 4.69) is 5.10 Å². The summed E-state index contributed by atoms with van der Waals surface area (Å²) in [4.78, 5) is 23.3. The number of rotatable bonds is 1. The van der Waals surface area contributed by atoms with E-state index >= 15 is 0 Å². The first-order chi connectivity index (χ1) is 7.73. The highest BCUT2D eigenvalue weighted by atomic mass is 32.2. The molecule has 0 amide bonds. The summed E-state index contributed by atoms with van der Waals surface area (Å²) >= 11 is 0. The Hall–Kier alpha value is -1.50. The minimum absolute atomic E-state index is 0.273. The lowest BCUT2D eigenvalue weighted by atomic mass is 9.82. The van der Waals surface area contributed by atoms with Gasteiger partial charge < -0.3 is 0 Å². The molecule has 1 aliphatic carbocycles. The van der Waals surface area contributed by atoms with Crippen molar-refractivity contribution in [3.63, 3.8) is 0 Å². The van der Waals surface area contributed by atoms with Crippen LogP contribution in [0.3, 0.4) is 0 Å². The quantitative estimate of drug-likeness (QED) is 0.604. The summed E-state index contributed by atoms with van der Waals surface area (Å²) in [6, 6.07) is -0.685. The van der Waals surface area contributed by atoms with Crippen LogP contribution in [0, 0.1) is 5.92 Å². The van der Waals surface area contributed by atoms with E-state index in [1.54, 1.807) is 6.92 Å². The van der Waals surface area contributed by atoms with E-state index in [9.17, 15) is 18.0 Å². The first kappa shape index (κ1) is 12.0. The number of hydrazone groups is 1. The summed E-state index contributed by atoms with van der Waals surface area (Å²) in [7, 11) is -3.53. The monoisotopic (exact) mass is 256 g/mol. The zero-order valence-electron chi connectivity index (χ0n) is 9.67. The second-order valence-corrected chi connectivity index (χ2v) is 6.13. The molecule has 0 fully saturated rings. The molecule has 2 unspecified atom stereocenters. The van der Waals surface area contributed by atoms with Gasteiger partial charge in [-0.25, -0.2) is 8.42 Å². The van der Waals surface area contributed by atoms with Crippen molar-refractivity contribution in [2.24, 2.45) is 11.0 Å². The average molecular weight is 256 g/mol. The maximum absolute atomic E-state index is 11.8. The molecule has 0 N–H and O–H groups in total. The zero-order valence-corrected chi connectivity index (χ0v) is 10.5. The van der Waals surface area contributed by atoms with Crippen LogP contribution in [0.2, 0.25) is 0 Å². The number of hydrogen-bond donors (Lipinski definition) is 0. The molecule has 0 aromatic rings. The number of nitrogens with zero attached hydrogens (tertiary/aromatic N) is 2. The summed E-state index contributed by atoms with van der Waals surface area (Å²) < 4.78 is 23.9. The summed E-state index contributed by atoms with van der Waals surface area (Å²) in [6.45, 7) is 3.06. The molecule has 1 aliphatic heterocycles. The van der Waals surface area contributed by atoms with Crippen molar-refractivity contribution >= 4 is 27.3 Å². The molecule has 7 heteroatoms. The molecule has 0 bridgehead atoms. The third-order valence-corrected chi connectivity index (χ3v) is 3.93.